The first-order chi connectivity index (χ1) is 23.9. The third kappa shape index (κ3) is 5.22. The lowest BCUT2D eigenvalue weighted by Crippen LogP contribution is -2.04. The maximum Gasteiger partial charge on any atom is -0.00270 e. The van der Waals surface area contributed by atoms with Crippen molar-refractivity contribution in [2.45, 2.75) is 43.4 Å². The minimum atomic E-state index is -0.855. The van der Waals surface area contributed by atoms with Crippen molar-refractivity contribution in [1.29, 1.82) is 0 Å². The molecule has 0 aliphatic heterocycles. The topological polar surface area (TPSA) is 0 Å². The van der Waals surface area contributed by atoms with E-state index >= 15 is 0 Å². The van der Waals surface area contributed by atoms with Crippen molar-refractivity contribution < 1.29 is 0 Å². The van der Waals surface area contributed by atoms with Gasteiger partial charge in [0.15, 0.2) is 0 Å². The van der Waals surface area contributed by atoms with Crippen LogP contribution in [0, 0.1) is 5.92 Å². The maximum atomic E-state index is 2.56. The standard InChI is InChI=1S/C48H44S/c1-31(32-20-21-32)36-26-27-44-45(30-36)47(42-17-9-10-18-43(42)48(44)41-19-11-13-33-12-5-6-14-37(33)41)35-24-22-34(23-25-35)38-28-29-46(49(2,3)4)40-16-8-7-15-39(38)40/h5-9,11-17,19,22-32H,10,18,20-21H2,1-4H3. The molecule has 1 fully saturated rings. The van der Waals surface area contributed by atoms with E-state index in [4.69, 9.17) is 0 Å². The van der Waals surface area contributed by atoms with E-state index in [0.717, 1.165) is 18.8 Å². The quantitative estimate of drug-likeness (QED) is 0.168. The van der Waals surface area contributed by atoms with Gasteiger partial charge in [0.25, 0.3) is 0 Å². The first kappa shape index (κ1) is 30.5. The summed E-state index contributed by atoms with van der Waals surface area (Å²) in [6, 6.07) is 46.4. The Kier molecular flexibility index (Phi) is 7.32. The molecule has 0 nitrogen and oxygen atoms in total. The fraction of sp³-hybridized carbons (Fsp3) is 0.208. The molecule has 0 saturated heterocycles. The molecule has 0 amide bonds. The van der Waals surface area contributed by atoms with Crippen LogP contribution in [0.1, 0.15) is 48.8 Å². The molecular formula is C48H44S. The lowest BCUT2D eigenvalue weighted by Gasteiger charge is -2.28. The van der Waals surface area contributed by atoms with Gasteiger partial charge in [-0.25, -0.2) is 10.0 Å². The van der Waals surface area contributed by atoms with Crippen LogP contribution < -0.4 is 0 Å². The van der Waals surface area contributed by atoms with Crippen molar-refractivity contribution in [3.8, 4) is 33.4 Å². The molecule has 242 valence electrons. The smallest absolute Gasteiger partial charge is 0.00270 e. The fourth-order valence-electron chi connectivity index (χ4n) is 8.54. The van der Waals surface area contributed by atoms with Crippen LogP contribution in [-0.2, 0) is 6.42 Å². The molecule has 0 spiro atoms. The third-order valence-corrected chi connectivity index (χ3v) is 12.9. The van der Waals surface area contributed by atoms with Crippen LogP contribution in [0.25, 0.3) is 71.8 Å². The van der Waals surface area contributed by atoms with Crippen molar-refractivity contribution in [2.75, 3.05) is 18.8 Å². The lowest BCUT2D eigenvalue weighted by molar-refractivity contribution is 0.665. The summed E-state index contributed by atoms with van der Waals surface area (Å²) in [7, 11) is -0.855. The minimum absolute atomic E-state index is 0.582. The Hall–Kier alpha value is -4.59. The number of rotatable bonds is 6. The highest BCUT2D eigenvalue weighted by molar-refractivity contribution is 8.32. The van der Waals surface area contributed by atoms with Gasteiger partial charge in [-0.3, -0.25) is 0 Å². The molecule has 1 saturated carbocycles. The molecule has 0 heterocycles. The van der Waals surface area contributed by atoms with Crippen molar-refractivity contribution in [2.24, 2.45) is 5.92 Å². The van der Waals surface area contributed by atoms with Crippen LogP contribution in [0.2, 0.25) is 0 Å². The largest absolute Gasteiger partial charge is 0.223 e. The van der Waals surface area contributed by atoms with Crippen LogP contribution in [-0.4, -0.2) is 18.8 Å². The van der Waals surface area contributed by atoms with Gasteiger partial charge in [0.1, 0.15) is 0 Å². The van der Waals surface area contributed by atoms with E-state index in [1.807, 2.05) is 0 Å². The Balaban J connectivity index is 1.27. The van der Waals surface area contributed by atoms with Gasteiger partial charge < -0.3 is 0 Å². The molecule has 2 aliphatic rings. The Morgan fingerprint density at radius 2 is 1.31 bits per heavy atom. The monoisotopic (exact) mass is 652 g/mol. The van der Waals surface area contributed by atoms with Gasteiger partial charge in [0.2, 0.25) is 0 Å². The zero-order chi connectivity index (χ0) is 33.3. The molecule has 7 aromatic carbocycles. The first-order valence-electron chi connectivity index (χ1n) is 17.9. The highest BCUT2D eigenvalue weighted by Gasteiger charge is 2.30. The molecule has 0 N–H and O–H groups in total. The molecule has 49 heavy (non-hydrogen) atoms. The van der Waals surface area contributed by atoms with E-state index in [1.165, 1.54) is 100 Å². The van der Waals surface area contributed by atoms with E-state index in [1.54, 1.807) is 0 Å². The Morgan fingerprint density at radius 3 is 2.08 bits per heavy atom. The van der Waals surface area contributed by atoms with Crippen LogP contribution in [0.15, 0.2) is 132 Å². The number of hydrogen-bond acceptors (Lipinski definition) is 0. The van der Waals surface area contributed by atoms with Gasteiger partial charge in [-0.05, 0) is 150 Å². The number of hydrogen-bond donors (Lipinski definition) is 0. The maximum absolute atomic E-state index is 2.56. The predicted octanol–water partition coefficient (Wildman–Crippen LogP) is 13.7. The highest BCUT2D eigenvalue weighted by atomic mass is 32.3. The van der Waals surface area contributed by atoms with E-state index < -0.39 is 10.0 Å². The molecular weight excluding hydrogens is 609 g/mol. The van der Waals surface area contributed by atoms with Gasteiger partial charge in [-0.1, -0.05) is 134 Å². The second-order valence-corrected chi connectivity index (χ2v) is 19.2. The van der Waals surface area contributed by atoms with Gasteiger partial charge >= 0.3 is 0 Å². The summed E-state index contributed by atoms with van der Waals surface area (Å²) in [5, 5.41) is 8.13. The van der Waals surface area contributed by atoms with Crippen LogP contribution in [0.3, 0.4) is 0 Å². The van der Waals surface area contributed by atoms with Crippen molar-refractivity contribution in [1.82, 2.24) is 0 Å². The van der Waals surface area contributed by atoms with Crippen molar-refractivity contribution in [3.05, 3.63) is 144 Å². The summed E-state index contributed by atoms with van der Waals surface area (Å²) < 4.78 is 0. The zero-order valence-electron chi connectivity index (χ0n) is 29.1. The van der Waals surface area contributed by atoms with Crippen molar-refractivity contribution in [3.63, 3.8) is 0 Å². The fourth-order valence-corrected chi connectivity index (χ4v) is 9.85. The van der Waals surface area contributed by atoms with Gasteiger partial charge in [0.05, 0.1) is 0 Å². The first-order valence-corrected chi connectivity index (χ1v) is 20.8. The number of fused-ring (bicyclic) bond motifs is 4. The highest BCUT2D eigenvalue weighted by Crippen LogP contribution is 2.51. The number of allylic oxidation sites excluding steroid dienone is 1. The van der Waals surface area contributed by atoms with Gasteiger partial charge in [0, 0.05) is 0 Å². The van der Waals surface area contributed by atoms with E-state index in [2.05, 4.69) is 159 Å². The summed E-state index contributed by atoms with van der Waals surface area (Å²) in [5.41, 5.74) is 12.4. The summed E-state index contributed by atoms with van der Waals surface area (Å²) in [6.07, 6.45) is 16.8. The van der Waals surface area contributed by atoms with E-state index in [-0.39, 0.29) is 0 Å². The lowest BCUT2D eigenvalue weighted by atomic mass is 9.78. The molecule has 9 rings (SSSR count). The van der Waals surface area contributed by atoms with Gasteiger partial charge in [-0.15, -0.1) is 0 Å². The molecule has 7 aromatic rings. The second kappa shape index (κ2) is 11.8. The zero-order valence-corrected chi connectivity index (χ0v) is 29.9. The summed E-state index contributed by atoms with van der Waals surface area (Å²) in [4.78, 5) is 1.48. The molecule has 1 heteroatoms. The Morgan fingerprint density at radius 1 is 0.592 bits per heavy atom. The molecule has 0 radical (unpaired) electrons. The van der Waals surface area contributed by atoms with E-state index in [0.29, 0.717) is 5.92 Å². The average Bonchev–Trinajstić information content (AvgIpc) is 3.98. The minimum Gasteiger partial charge on any atom is -0.223 e. The normalized spacial score (nSPS) is 15.5. The van der Waals surface area contributed by atoms with Crippen LogP contribution >= 0.6 is 10.0 Å². The Labute approximate surface area is 292 Å². The molecule has 1 atom stereocenters. The molecule has 2 aliphatic carbocycles. The van der Waals surface area contributed by atoms with Crippen LogP contribution in [0.5, 0.6) is 0 Å². The average molecular weight is 653 g/mol. The van der Waals surface area contributed by atoms with Gasteiger partial charge in [-0.2, -0.15) is 0 Å². The summed E-state index contributed by atoms with van der Waals surface area (Å²) in [6.45, 7) is 2.44. The Bertz CT molecular complexity index is 2430. The second-order valence-electron chi connectivity index (χ2n) is 15.1. The molecule has 0 bridgehead atoms. The summed E-state index contributed by atoms with van der Waals surface area (Å²) in [5.74, 6) is 1.40. The number of benzene rings is 7. The van der Waals surface area contributed by atoms with Crippen LogP contribution in [0.4, 0.5) is 0 Å². The predicted molar refractivity (Wildman–Crippen MR) is 217 cm³/mol. The molecule has 0 aromatic heterocycles. The van der Waals surface area contributed by atoms with E-state index in [9.17, 15) is 0 Å². The van der Waals surface area contributed by atoms with Crippen molar-refractivity contribution >= 4 is 48.4 Å². The third-order valence-electron chi connectivity index (χ3n) is 11.3. The SMILES string of the molecule is CC(c1ccc2c(-c3cccc4ccccc34)c3c(c(-c4ccc(-c5ccc(S(C)(C)C)c6ccccc56)cc4)c2c1)C=CCC3)C1CC1. The molecule has 1 unspecified atom stereocenters. The summed E-state index contributed by atoms with van der Waals surface area (Å²) >= 11 is 0.